The summed E-state index contributed by atoms with van der Waals surface area (Å²) in [5.74, 6) is 2.44. The summed E-state index contributed by atoms with van der Waals surface area (Å²) in [5, 5.41) is 2.54. The van der Waals surface area contributed by atoms with Gasteiger partial charge in [-0.3, -0.25) is 4.90 Å². The normalized spacial score (nSPS) is 21.3. The van der Waals surface area contributed by atoms with Crippen molar-refractivity contribution in [2.24, 2.45) is 0 Å². The van der Waals surface area contributed by atoms with Crippen LogP contribution < -0.4 is 14.4 Å². The van der Waals surface area contributed by atoms with E-state index in [-0.39, 0.29) is 0 Å². The minimum atomic E-state index is 0.507. The maximum atomic E-state index is 5.55. The zero-order chi connectivity index (χ0) is 21.4. The fourth-order valence-corrected chi connectivity index (χ4v) is 5.62. The molecule has 0 spiro atoms. The van der Waals surface area contributed by atoms with Gasteiger partial charge < -0.3 is 14.4 Å². The van der Waals surface area contributed by atoms with Crippen molar-refractivity contribution in [2.75, 3.05) is 45.3 Å². The van der Waals surface area contributed by atoms with E-state index in [0.717, 1.165) is 37.7 Å². The molecule has 0 bridgehead atoms. The topological polar surface area (TPSA) is 24.9 Å². The maximum Gasteiger partial charge on any atom is 0.119 e. The molecule has 162 valence electrons. The smallest absolute Gasteiger partial charge is 0.119 e. The third-order valence-corrected chi connectivity index (χ3v) is 7.29. The van der Waals surface area contributed by atoms with Gasteiger partial charge in [-0.05, 0) is 66.2 Å². The molecule has 1 fully saturated rings. The number of nitrogens with zero attached hydrogens (tertiary/aromatic N) is 2. The van der Waals surface area contributed by atoms with E-state index in [9.17, 15) is 0 Å². The van der Waals surface area contributed by atoms with E-state index in [4.69, 9.17) is 9.47 Å². The van der Waals surface area contributed by atoms with Crippen LogP contribution >= 0.6 is 0 Å². The molecule has 0 radical (unpaired) electrons. The number of aryl methyl sites for hydroxylation is 1. The molecule has 1 saturated heterocycles. The predicted octanol–water partition coefficient (Wildman–Crippen LogP) is 5.10. The van der Waals surface area contributed by atoms with Crippen LogP contribution in [0.5, 0.6) is 11.5 Å². The number of rotatable bonds is 5. The van der Waals surface area contributed by atoms with Gasteiger partial charge in [-0.1, -0.05) is 31.2 Å². The number of likely N-dealkylation sites (N-methyl/N-ethyl adjacent to an activating group) is 1. The molecule has 0 saturated carbocycles. The lowest BCUT2D eigenvalue weighted by Gasteiger charge is -2.45. The zero-order valence-electron chi connectivity index (χ0n) is 18.8. The number of fused-ring (bicyclic) bond motifs is 2. The fraction of sp³-hybridized carbons (Fsp3) is 0.407. The van der Waals surface area contributed by atoms with Gasteiger partial charge >= 0.3 is 0 Å². The van der Waals surface area contributed by atoms with Crippen LogP contribution in [-0.4, -0.2) is 51.3 Å². The van der Waals surface area contributed by atoms with Crippen LogP contribution in [-0.2, 0) is 6.42 Å². The van der Waals surface area contributed by atoms with Crippen molar-refractivity contribution in [3.05, 3.63) is 65.7 Å². The van der Waals surface area contributed by atoms with Gasteiger partial charge in [-0.25, -0.2) is 0 Å². The number of benzene rings is 3. The highest BCUT2D eigenvalue weighted by Gasteiger charge is 2.37. The van der Waals surface area contributed by atoms with E-state index < -0.39 is 0 Å². The summed E-state index contributed by atoms with van der Waals surface area (Å²) < 4.78 is 11.1. The molecule has 1 aliphatic heterocycles. The van der Waals surface area contributed by atoms with Gasteiger partial charge in [0, 0.05) is 42.7 Å². The Labute approximate surface area is 185 Å². The molecule has 5 rings (SSSR count). The van der Waals surface area contributed by atoms with E-state index in [1.54, 1.807) is 14.2 Å². The van der Waals surface area contributed by atoms with Crippen LogP contribution in [0.3, 0.4) is 0 Å². The van der Waals surface area contributed by atoms with Crippen molar-refractivity contribution in [3.8, 4) is 11.5 Å². The third-order valence-electron chi connectivity index (χ3n) is 7.29. The summed E-state index contributed by atoms with van der Waals surface area (Å²) in [7, 11) is 3.51. The van der Waals surface area contributed by atoms with E-state index in [1.165, 1.54) is 40.4 Å². The fourth-order valence-electron chi connectivity index (χ4n) is 5.62. The Bertz CT molecular complexity index is 1080. The average Bonchev–Trinajstić information content (AvgIpc) is 3.25. The molecule has 1 heterocycles. The van der Waals surface area contributed by atoms with Crippen molar-refractivity contribution in [3.63, 3.8) is 0 Å². The molecule has 0 amide bonds. The largest absolute Gasteiger partial charge is 0.497 e. The summed E-state index contributed by atoms with van der Waals surface area (Å²) in [6.07, 6.45) is 2.39. The monoisotopic (exact) mass is 416 g/mol. The minimum Gasteiger partial charge on any atom is -0.497 e. The van der Waals surface area contributed by atoms with Crippen molar-refractivity contribution < 1.29 is 9.47 Å². The van der Waals surface area contributed by atoms with E-state index >= 15 is 0 Å². The van der Waals surface area contributed by atoms with E-state index in [1.807, 2.05) is 6.07 Å². The first kappa shape index (κ1) is 20.2. The van der Waals surface area contributed by atoms with Crippen LogP contribution in [0.2, 0.25) is 0 Å². The Morgan fingerprint density at radius 1 is 0.935 bits per heavy atom. The second kappa shape index (κ2) is 8.43. The van der Waals surface area contributed by atoms with Crippen molar-refractivity contribution >= 4 is 16.5 Å². The molecule has 3 aromatic rings. The van der Waals surface area contributed by atoms with Gasteiger partial charge in [0.2, 0.25) is 0 Å². The summed E-state index contributed by atoms with van der Waals surface area (Å²) >= 11 is 0. The van der Waals surface area contributed by atoms with Crippen LogP contribution in [0.25, 0.3) is 10.8 Å². The van der Waals surface area contributed by atoms with Crippen molar-refractivity contribution in [1.82, 2.24) is 4.90 Å². The minimum absolute atomic E-state index is 0.507. The number of hydrogen-bond acceptors (Lipinski definition) is 4. The summed E-state index contributed by atoms with van der Waals surface area (Å²) in [4.78, 5) is 5.28. The van der Waals surface area contributed by atoms with Crippen LogP contribution in [0.15, 0.2) is 54.6 Å². The van der Waals surface area contributed by atoms with E-state index in [2.05, 4.69) is 65.3 Å². The molecule has 0 aromatic heterocycles. The van der Waals surface area contributed by atoms with Gasteiger partial charge in [-0.15, -0.1) is 0 Å². The number of methoxy groups -OCH3 is 2. The Balaban J connectivity index is 1.49. The van der Waals surface area contributed by atoms with Crippen LogP contribution in [0.4, 0.5) is 5.69 Å². The van der Waals surface area contributed by atoms with Gasteiger partial charge in [-0.2, -0.15) is 0 Å². The lowest BCUT2D eigenvalue weighted by Crippen LogP contribution is -2.55. The number of piperazine rings is 1. The summed E-state index contributed by atoms with van der Waals surface area (Å²) in [6, 6.07) is 20.2. The molecule has 4 heteroatoms. The second-order valence-electron chi connectivity index (χ2n) is 8.72. The lowest BCUT2D eigenvalue weighted by atomic mass is 9.89. The molecule has 2 atom stereocenters. The molecule has 0 N–H and O–H groups in total. The first-order valence-corrected chi connectivity index (χ1v) is 11.4. The Morgan fingerprint density at radius 2 is 1.74 bits per heavy atom. The average molecular weight is 417 g/mol. The molecule has 3 aromatic carbocycles. The number of anilines is 1. The predicted molar refractivity (Wildman–Crippen MR) is 128 cm³/mol. The van der Waals surface area contributed by atoms with Gasteiger partial charge in [0.1, 0.15) is 11.5 Å². The van der Waals surface area contributed by atoms with Crippen molar-refractivity contribution in [1.29, 1.82) is 0 Å². The molecular weight excluding hydrogens is 384 g/mol. The van der Waals surface area contributed by atoms with Gasteiger partial charge in [0.25, 0.3) is 0 Å². The number of ether oxygens (including phenoxy) is 2. The summed E-state index contributed by atoms with van der Waals surface area (Å²) in [6.45, 7) is 6.59. The SMILES string of the molecule is CCN1CCN(c2cccc3ccc(OC)cc23)CC1C1CCc2ccc(OC)cc21. The van der Waals surface area contributed by atoms with Crippen LogP contribution in [0.1, 0.15) is 30.4 Å². The highest BCUT2D eigenvalue weighted by molar-refractivity contribution is 5.95. The molecule has 1 aliphatic carbocycles. The Kier molecular flexibility index (Phi) is 5.49. The first-order valence-electron chi connectivity index (χ1n) is 11.4. The second-order valence-corrected chi connectivity index (χ2v) is 8.72. The quantitative estimate of drug-likeness (QED) is 0.578. The molecule has 2 unspecified atom stereocenters. The van der Waals surface area contributed by atoms with Gasteiger partial charge in [0.05, 0.1) is 14.2 Å². The molecular formula is C27H32N2O2. The van der Waals surface area contributed by atoms with E-state index in [0.29, 0.717) is 12.0 Å². The first-order chi connectivity index (χ1) is 15.2. The highest BCUT2D eigenvalue weighted by Crippen LogP contribution is 2.41. The Hall–Kier alpha value is -2.72. The lowest BCUT2D eigenvalue weighted by molar-refractivity contribution is 0.159. The molecule has 2 aliphatic rings. The van der Waals surface area contributed by atoms with Crippen molar-refractivity contribution in [2.45, 2.75) is 31.7 Å². The zero-order valence-corrected chi connectivity index (χ0v) is 18.8. The van der Waals surface area contributed by atoms with Gasteiger partial charge in [0.15, 0.2) is 0 Å². The summed E-state index contributed by atoms with van der Waals surface area (Å²) in [5.41, 5.74) is 4.30. The molecule has 4 nitrogen and oxygen atoms in total. The maximum absolute atomic E-state index is 5.55. The van der Waals surface area contributed by atoms with Crippen LogP contribution in [0, 0.1) is 0 Å². The standard InChI is InChI=1S/C27H32N2O2/c1-4-28-14-15-29(26-7-5-6-19-8-11-22(31-3)17-25(19)26)18-27(28)23-13-10-20-9-12-21(30-2)16-24(20)23/h5-9,11-12,16-17,23,27H,4,10,13-15,18H2,1-3H3. The molecule has 31 heavy (non-hydrogen) atoms. The Morgan fingerprint density at radius 3 is 2.55 bits per heavy atom. The third kappa shape index (κ3) is 3.63. The highest BCUT2D eigenvalue weighted by atomic mass is 16.5. The number of hydrogen-bond donors (Lipinski definition) is 0.